The maximum Gasteiger partial charge on any atom is 0.209 e. The van der Waals surface area contributed by atoms with Crippen LogP contribution in [0.25, 0.3) is 0 Å². The molecule has 2 heterocycles. The Kier molecular flexibility index (Phi) is 3.25. The highest BCUT2D eigenvalue weighted by Crippen LogP contribution is 2.39. The molecular weight excluding hydrogens is 242 g/mol. The highest BCUT2D eigenvalue weighted by atomic mass is 32.2. The summed E-state index contributed by atoms with van der Waals surface area (Å²) in [5.74, 6) is 1.68. The average molecular weight is 257 g/mol. The predicted octanol–water partition coefficient (Wildman–Crippen LogP) is 2.00. The quantitative estimate of drug-likeness (QED) is 0.794. The number of thiazole rings is 1. The van der Waals surface area contributed by atoms with Gasteiger partial charge in [0.1, 0.15) is 4.21 Å². The Labute approximate surface area is 103 Å². The highest BCUT2D eigenvalue weighted by Gasteiger charge is 2.19. The molecule has 0 saturated heterocycles. The van der Waals surface area contributed by atoms with Crippen molar-refractivity contribution in [3.63, 3.8) is 0 Å². The van der Waals surface area contributed by atoms with Gasteiger partial charge in [-0.1, -0.05) is 11.3 Å². The fourth-order valence-corrected chi connectivity index (χ4v) is 2.80. The van der Waals surface area contributed by atoms with Crippen LogP contribution in [-0.4, -0.2) is 31.1 Å². The van der Waals surface area contributed by atoms with Crippen LogP contribution < -0.4 is 15.5 Å². The lowest BCUT2D eigenvalue weighted by molar-refractivity contribution is 0.732. The van der Waals surface area contributed by atoms with E-state index >= 15 is 0 Å². The van der Waals surface area contributed by atoms with Crippen molar-refractivity contribution < 1.29 is 0 Å². The van der Waals surface area contributed by atoms with E-state index in [1.54, 1.807) is 11.3 Å². The molecule has 88 valence electrons. The van der Waals surface area contributed by atoms with Gasteiger partial charge in [0.15, 0.2) is 10.9 Å². The zero-order valence-electron chi connectivity index (χ0n) is 9.74. The van der Waals surface area contributed by atoms with Crippen LogP contribution in [0.1, 0.15) is 13.8 Å². The minimum absolute atomic E-state index is 0.361. The minimum Gasteiger partial charge on any atom is -0.354 e. The Morgan fingerprint density at radius 1 is 1.38 bits per heavy atom. The fourth-order valence-electron chi connectivity index (χ4n) is 1.19. The summed E-state index contributed by atoms with van der Waals surface area (Å²) in [4.78, 5) is 6.50. The molecule has 5 nitrogen and oxygen atoms in total. The summed E-state index contributed by atoms with van der Waals surface area (Å²) in [5, 5.41) is 7.42. The molecule has 0 fully saturated rings. The number of rotatable bonds is 2. The summed E-state index contributed by atoms with van der Waals surface area (Å²) in [6.45, 7) is 4.16. The van der Waals surface area contributed by atoms with Crippen LogP contribution in [0.5, 0.6) is 0 Å². The van der Waals surface area contributed by atoms with Gasteiger partial charge in [-0.3, -0.25) is 0 Å². The zero-order valence-corrected chi connectivity index (χ0v) is 11.4. The number of guanidine groups is 1. The van der Waals surface area contributed by atoms with Crippen molar-refractivity contribution in [3.8, 4) is 0 Å². The number of nitrogens with zero attached hydrogens (tertiary/aromatic N) is 3. The Balaban J connectivity index is 2.12. The molecule has 0 aliphatic carbocycles. The van der Waals surface area contributed by atoms with Crippen molar-refractivity contribution in [2.24, 2.45) is 4.40 Å². The van der Waals surface area contributed by atoms with Crippen LogP contribution in [0.3, 0.4) is 0 Å². The first-order chi connectivity index (χ1) is 7.56. The molecule has 1 aliphatic heterocycles. The number of nitrogens with one attached hydrogen (secondary N) is 2. The monoisotopic (exact) mass is 257 g/mol. The van der Waals surface area contributed by atoms with E-state index in [0.29, 0.717) is 6.04 Å². The summed E-state index contributed by atoms with van der Waals surface area (Å²) >= 11 is 3.11. The molecule has 1 aliphatic rings. The SMILES string of the molecule is CC(C)NC1=NSc2sc(N(C)C)nc2N1. The van der Waals surface area contributed by atoms with Crippen molar-refractivity contribution in [1.82, 2.24) is 10.3 Å². The van der Waals surface area contributed by atoms with Crippen LogP contribution in [0, 0.1) is 0 Å². The average Bonchev–Trinajstić information content (AvgIpc) is 2.59. The number of hydrogen-bond donors (Lipinski definition) is 2. The molecule has 0 bridgehead atoms. The normalized spacial score (nSPS) is 14.2. The van der Waals surface area contributed by atoms with Crippen LogP contribution in [-0.2, 0) is 0 Å². The van der Waals surface area contributed by atoms with E-state index in [4.69, 9.17) is 0 Å². The molecule has 0 saturated carbocycles. The van der Waals surface area contributed by atoms with E-state index in [1.165, 1.54) is 11.9 Å². The third-order valence-electron chi connectivity index (χ3n) is 1.85. The largest absolute Gasteiger partial charge is 0.354 e. The van der Waals surface area contributed by atoms with Gasteiger partial charge in [-0.05, 0) is 13.8 Å². The second-order valence-corrected chi connectivity index (χ2v) is 5.99. The van der Waals surface area contributed by atoms with Crippen LogP contribution in [0.2, 0.25) is 0 Å². The van der Waals surface area contributed by atoms with Crippen molar-refractivity contribution in [1.29, 1.82) is 0 Å². The van der Waals surface area contributed by atoms with E-state index in [-0.39, 0.29) is 0 Å². The van der Waals surface area contributed by atoms with E-state index < -0.39 is 0 Å². The molecule has 16 heavy (non-hydrogen) atoms. The zero-order chi connectivity index (χ0) is 11.7. The van der Waals surface area contributed by atoms with Crippen LogP contribution in [0.15, 0.2) is 8.61 Å². The van der Waals surface area contributed by atoms with Gasteiger partial charge in [-0.2, -0.15) is 4.40 Å². The lowest BCUT2D eigenvalue weighted by Crippen LogP contribution is -2.36. The van der Waals surface area contributed by atoms with Crippen molar-refractivity contribution in [3.05, 3.63) is 0 Å². The second-order valence-electron chi connectivity index (χ2n) is 3.98. The van der Waals surface area contributed by atoms with Gasteiger partial charge in [0.05, 0.1) is 0 Å². The van der Waals surface area contributed by atoms with Gasteiger partial charge in [-0.25, -0.2) is 4.98 Å². The summed E-state index contributed by atoms with van der Waals surface area (Å²) < 4.78 is 5.46. The fraction of sp³-hybridized carbons (Fsp3) is 0.556. The number of hydrogen-bond acceptors (Lipinski definition) is 7. The highest BCUT2D eigenvalue weighted by molar-refractivity contribution is 8.00. The topological polar surface area (TPSA) is 52.6 Å². The summed E-state index contributed by atoms with van der Waals surface area (Å²) in [6, 6.07) is 0.361. The number of fused-ring (bicyclic) bond motifs is 1. The lowest BCUT2D eigenvalue weighted by Gasteiger charge is -2.16. The first-order valence-corrected chi connectivity index (χ1v) is 6.62. The van der Waals surface area contributed by atoms with E-state index in [2.05, 4.69) is 33.9 Å². The van der Waals surface area contributed by atoms with E-state index in [0.717, 1.165) is 21.1 Å². The molecule has 0 aromatic carbocycles. The smallest absolute Gasteiger partial charge is 0.209 e. The molecule has 0 atom stereocenters. The molecule has 0 unspecified atom stereocenters. The minimum atomic E-state index is 0.361. The molecule has 1 aromatic rings. The molecule has 7 heteroatoms. The maximum atomic E-state index is 4.50. The second kappa shape index (κ2) is 4.50. The Bertz CT molecular complexity index is 410. The molecule has 0 amide bonds. The summed E-state index contributed by atoms with van der Waals surface area (Å²) in [7, 11) is 3.98. The predicted molar refractivity (Wildman–Crippen MR) is 71.6 cm³/mol. The standard InChI is InChI=1S/C9H15N5S2/c1-5(2)10-8-11-6-7(16-13-8)15-9(12-6)14(3)4/h5H,1-4H3,(H2,10,11,13). The Morgan fingerprint density at radius 3 is 2.75 bits per heavy atom. The summed E-state index contributed by atoms with van der Waals surface area (Å²) in [6.07, 6.45) is 0. The van der Waals surface area contributed by atoms with Gasteiger partial charge >= 0.3 is 0 Å². The van der Waals surface area contributed by atoms with E-state index in [9.17, 15) is 0 Å². The van der Waals surface area contributed by atoms with E-state index in [1.807, 2.05) is 19.0 Å². The Morgan fingerprint density at radius 2 is 2.12 bits per heavy atom. The van der Waals surface area contributed by atoms with Gasteiger partial charge in [0.25, 0.3) is 0 Å². The van der Waals surface area contributed by atoms with Crippen molar-refractivity contribution in [2.45, 2.75) is 24.1 Å². The molecule has 2 rings (SSSR count). The molecular formula is C9H15N5S2. The summed E-state index contributed by atoms with van der Waals surface area (Å²) in [5.41, 5.74) is 0. The first-order valence-electron chi connectivity index (χ1n) is 5.03. The van der Waals surface area contributed by atoms with Gasteiger partial charge in [-0.15, -0.1) is 0 Å². The molecule has 1 aromatic heterocycles. The Hall–Kier alpha value is -0.950. The third kappa shape index (κ3) is 2.41. The van der Waals surface area contributed by atoms with Gasteiger partial charge in [0, 0.05) is 32.1 Å². The maximum absolute atomic E-state index is 4.50. The lowest BCUT2D eigenvalue weighted by atomic mass is 10.4. The molecule has 0 spiro atoms. The number of anilines is 2. The van der Waals surface area contributed by atoms with Crippen molar-refractivity contribution in [2.75, 3.05) is 24.3 Å². The van der Waals surface area contributed by atoms with Gasteiger partial charge < -0.3 is 15.5 Å². The van der Waals surface area contributed by atoms with Gasteiger partial charge in [0.2, 0.25) is 5.96 Å². The number of aromatic nitrogens is 1. The van der Waals surface area contributed by atoms with Crippen LogP contribution in [0.4, 0.5) is 10.9 Å². The first kappa shape index (κ1) is 11.5. The van der Waals surface area contributed by atoms with Crippen molar-refractivity contribution >= 4 is 40.2 Å². The molecule has 0 radical (unpaired) electrons. The molecule has 2 N–H and O–H groups in total. The van der Waals surface area contributed by atoms with Crippen LogP contribution >= 0.6 is 23.3 Å². The third-order valence-corrected chi connectivity index (χ3v) is 3.97.